The summed E-state index contributed by atoms with van der Waals surface area (Å²) in [5, 5.41) is 20.5. The van der Waals surface area contributed by atoms with Gasteiger partial charge in [-0.3, -0.25) is 19.5 Å². The van der Waals surface area contributed by atoms with E-state index in [1.165, 1.54) is 49.5 Å². The lowest BCUT2D eigenvalue weighted by Crippen LogP contribution is -2.29. The van der Waals surface area contributed by atoms with Crippen LogP contribution < -0.4 is 4.90 Å². The van der Waals surface area contributed by atoms with E-state index < -0.39 is 35.3 Å². The molecule has 1 aliphatic heterocycles. The summed E-state index contributed by atoms with van der Waals surface area (Å²) in [6, 6.07) is 12.1. The van der Waals surface area contributed by atoms with Gasteiger partial charge in [0.2, 0.25) is 0 Å². The molecule has 174 valence electrons. The second-order valence-electron chi connectivity index (χ2n) is 7.87. The highest BCUT2D eigenvalue weighted by molar-refractivity contribution is 7.22. The summed E-state index contributed by atoms with van der Waals surface area (Å²) in [7, 11) is 0. The van der Waals surface area contributed by atoms with Crippen LogP contribution in [0.5, 0.6) is 0 Å². The molecule has 4 aromatic rings. The van der Waals surface area contributed by atoms with Crippen molar-refractivity contribution < 1.29 is 29.0 Å². The molecule has 0 bridgehead atoms. The first kappa shape index (κ1) is 22.4. The minimum absolute atomic E-state index is 0.0581. The number of rotatable bonds is 4. The Kier molecular flexibility index (Phi) is 5.37. The Morgan fingerprint density at radius 1 is 1.06 bits per heavy atom. The van der Waals surface area contributed by atoms with Crippen LogP contribution in [0.2, 0.25) is 0 Å². The van der Waals surface area contributed by atoms with Gasteiger partial charge in [-0.15, -0.1) is 0 Å². The average Bonchev–Trinajstić information content (AvgIpc) is 3.38. The second kappa shape index (κ2) is 8.41. The number of nitrogens with zero attached hydrogens (tertiary/aromatic N) is 3. The van der Waals surface area contributed by atoms with Crippen LogP contribution in [-0.4, -0.2) is 37.8 Å². The number of hydrogen-bond acceptors (Lipinski definition) is 7. The van der Waals surface area contributed by atoms with Crippen LogP contribution in [0.1, 0.15) is 33.2 Å². The number of anilines is 1. The molecule has 1 saturated heterocycles. The first-order valence-electron chi connectivity index (χ1n) is 10.4. The van der Waals surface area contributed by atoms with E-state index in [1.54, 1.807) is 18.2 Å². The number of pyridine rings is 1. The van der Waals surface area contributed by atoms with Crippen molar-refractivity contribution >= 4 is 50.1 Å². The molecule has 0 saturated carbocycles. The maximum absolute atomic E-state index is 13.8. The summed E-state index contributed by atoms with van der Waals surface area (Å²) in [6.07, 6.45) is 1.50. The number of aryl methyl sites for hydroxylation is 1. The van der Waals surface area contributed by atoms with Crippen LogP contribution in [0.3, 0.4) is 0 Å². The van der Waals surface area contributed by atoms with Gasteiger partial charge in [0.1, 0.15) is 17.6 Å². The Morgan fingerprint density at radius 2 is 1.83 bits per heavy atom. The second-order valence-corrected chi connectivity index (χ2v) is 8.88. The number of carbonyl (C=O) groups excluding carboxylic acids is 2. The Labute approximate surface area is 201 Å². The normalized spacial score (nSPS) is 17.3. The van der Waals surface area contributed by atoms with E-state index in [0.717, 1.165) is 16.2 Å². The molecule has 3 heterocycles. The average molecular weight is 489 g/mol. The summed E-state index contributed by atoms with van der Waals surface area (Å²) in [4.78, 5) is 47.7. The SMILES string of the molecule is Cc1cc(/C(O)=C2\C(=O)C(=O)N(c3nc4ccc(C(=O)O)cc4s3)C2c2ccccn2)ccc1F. The molecule has 5 rings (SSSR count). The number of aliphatic hydroxyl groups excluding tert-OH is 1. The van der Waals surface area contributed by atoms with E-state index in [2.05, 4.69) is 9.97 Å². The van der Waals surface area contributed by atoms with E-state index in [4.69, 9.17) is 0 Å². The topological polar surface area (TPSA) is 121 Å². The smallest absolute Gasteiger partial charge is 0.335 e. The summed E-state index contributed by atoms with van der Waals surface area (Å²) in [5.41, 5.74) is 1.06. The molecule has 0 spiro atoms. The Hall–Kier alpha value is -4.44. The van der Waals surface area contributed by atoms with Gasteiger partial charge in [-0.1, -0.05) is 17.4 Å². The molecule has 2 N–H and O–H groups in total. The zero-order chi connectivity index (χ0) is 24.9. The molecular weight excluding hydrogens is 473 g/mol. The number of aliphatic hydroxyl groups is 1. The maximum Gasteiger partial charge on any atom is 0.335 e. The molecule has 1 unspecified atom stereocenters. The van der Waals surface area contributed by atoms with Gasteiger partial charge < -0.3 is 10.2 Å². The molecule has 0 radical (unpaired) electrons. The lowest BCUT2D eigenvalue weighted by atomic mass is 9.97. The fourth-order valence-electron chi connectivity index (χ4n) is 3.94. The Balaban J connectivity index is 1.71. The number of amides is 1. The quantitative estimate of drug-likeness (QED) is 0.247. The third-order valence-corrected chi connectivity index (χ3v) is 6.69. The largest absolute Gasteiger partial charge is 0.507 e. The van der Waals surface area contributed by atoms with Gasteiger partial charge in [-0.25, -0.2) is 14.2 Å². The molecule has 10 heteroatoms. The van der Waals surface area contributed by atoms with Crippen molar-refractivity contribution in [3.05, 3.63) is 94.6 Å². The number of halogens is 1. The molecule has 2 aromatic carbocycles. The molecular formula is C25H16FN3O5S. The van der Waals surface area contributed by atoms with Gasteiger partial charge in [0.25, 0.3) is 5.78 Å². The third kappa shape index (κ3) is 3.73. The van der Waals surface area contributed by atoms with Crippen LogP contribution >= 0.6 is 11.3 Å². The summed E-state index contributed by atoms with van der Waals surface area (Å²) in [6.45, 7) is 1.52. The van der Waals surface area contributed by atoms with Gasteiger partial charge >= 0.3 is 11.9 Å². The highest BCUT2D eigenvalue weighted by Gasteiger charge is 2.48. The van der Waals surface area contributed by atoms with Crippen LogP contribution in [0, 0.1) is 12.7 Å². The number of carbonyl (C=O) groups is 3. The summed E-state index contributed by atoms with van der Waals surface area (Å²) < 4.78 is 14.3. The van der Waals surface area contributed by atoms with Gasteiger partial charge in [0.05, 0.1) is 27.0 Å². The number of aromatic carboxylic acids is 1. The van der Waals surface area contributed by atoms with Crippen molar-refractivity contribution in [3.8, 4) is 0 Å². The van der Waals surface area contributed by atoms with Crippen molar-refractivity contribution in [2.24, 2.45) is 0 Å². The van der Waals surface area contributed by atoms with Crippen LogP contribution in [0.25, 0.3) is 16.0 Å². The van der Waals surface area contributed by atoms with Crippen LogP contribution in [-0.2, 0) is 9.59 Å². The van der Waals surface area contributed by atoms with E-state index >= 15 is 0 Å². The van der Waals surface area contributed by atoms with Crippen LogP contribution in [0.15, 0.2) is 66.4 Å². The highest BCUT2D eigenvalue weighted by atomic mass is 32.1. The molecule has 1 aliphatic rings. The first-order chi connectivity index (χ1) is 16.8. The molecule has 1 atom stereocenters. The van der Waals surface area contributed by atoms with Crippen molar-refractivity contribution in [2.75, 3.05) is 4.90 Å². The summed E-state index contributed by atoms with van der Waals surface area (Å²) >= 11 is 1.04. The van der Waals surface area contributed by atoms with Gasteiger partial charge in [-0.05, 0) is 61.0 Å². The lowest BCUT2D eigenvalue weighted by Gasteiger charge is -2.22. The maximum atomic E-state index is 13.8. The highest BCUT2D eigenvalue weighted by Crippen LogP contribution is 2.43. The molecule has 35 heavy (non-hydrogen) atoms. The first-order valence-corrected chi connectivity index (χ1v) is 11.2. The number of carboxylic acid groups (broad SMARTS) is 1. The number of carboxylic acids is 1. The van der Waals surface area contributed by atoms with E-state index in [-0.39, 0.29) is 27.4 Å². The van der Waals surface area contributed by atoms with Gasteiger partial charge in [0.15, 0.2) is 5.13 Å². The fourth-order valence-corrected chi connectivity index (χ4v) is 4.97. The molecule has 1 amide bonds. The monoisotopic (exact) mass is 489 g/mol. The number of Topliss-reactive ketones (excluding diaryl/α,β-unsaturated/α-hetero) is 1. The van der Waals surface area contributed by atoms with Crippen molar-refractivity contribution in [1.82, 2.24) is 9.97 Å². The predicted molar refractivity (Wildman–Crippen MR) is 127 cm³/mol. The number of hydrogen-bond donors (Lipinski definition) is 2. The zero-order valence-electron chi connectivity index (χ0n) is 18.1. The minimum atomic E-state index is -1.11. The Morgan fingerprint density at radius 3 is 2.51 bits per heavy atom. The zero-order valence-corrected chi connectivity index (χ0v) is 18.9. The predicted octanol–water partition coefficient (Wildman–Crippen LogP) is 4.46. The van der Waals surface area contributed by atoms with Crippen molar-refractivity contribution in [1.29, 1.82) is 0 Å². The number of ketones is 1. The number of benzene rings is 2. The van der Waals surface area contributed by atoms with Gasteiger partial charge in [-0.2, -0.15) is 0 Å². The fraction of sp³-hybridized carbons (Fsp3) is 0.0800. The van der Waals surface area contributed by atoms with E-state index in [1.807, 2.05) is 0 Å². The number of thiazole rings is 1. The van der Waals surface area contributed by atoms with Crippen molar-refractivity contribution in [3.63, 3.8) is 0 Å². The summed E-state index contributed by atoms with van der Waals surface area (Å²) in [5.74, 6) is -3.90. The van der Waals surface area contributed by atoms with E-state index in [0.29, 0.717) is 15.9 Å². The molecule has 8 nitrogen and oxygen atoms in total. The lowest BCUT2D eigenvalue weighted by molar-refractivity contribution is -0.132. The van der Waals surface area contributed by atoms with Crippen LogP contribution in [0.4, 0.5) is 9.52 Å². The van der Waals surface area contributed by atoms with E-state index in [9.17, 15) is 29.0 Å². The molecule has 2 aromatic heterocycles. The minimum Gasteiger partial charge on any atom is -0.507 e. The molecule has 1 fully saturated rings. The molecule has 0 aliphatic carbocycles. The Bertz CT molecular complexity index is 1560. The number of aromatic nitrogens is 2. The third-order valence-electron chi connectivity index (χ3n) is 5.67. The van der Waals surface area contributed by atoms with Crippen molar-refractivity contribution in [2.45, 2.75) is 13.0 Å². The van der Waals surface area contributed by atoms with Gasteiger partial charge in [0, 0.05) is 11.8 Å². The number of fused-ring (bicyclic) bond motifs is 1. The standard InChI is InChI=1S/C25H16FN3O5S/c1-12-10-13(5-7-15(12)26)21(30)19-20(17-4-2-3-9-27-17)29(23(32)22(19)31)25-28-16-8-6-14(24(33)34)11-18(16)35-25/h2-11,20,30H,1H3,(H,33,34)/b21-19+.